The molecule has 0 atom stereocenters. The molecule has 2 aromatic rings. The fourth-order valence-electron chi connectivity index (χ4n) is 3.07. The Morgan fingerprint density at radius 2 is 1.28 bits per heavy atom. The van der Waals surface area contributed by atoms with Gasteiger partial charge in [0.2, 0.25) is 0 Å². The first kappa shape index (κ1) is 23.3. The van der Waals surface area contributed by atoms with Gasteiger partial charge in [0, 0.05) is 61.6 Å². The third kappa shape index (κ3) is 5.18. The summed E-state index contributed by atoms with van der Waals surface area (Å²) in [5.41, 5.74) is -0.473. The van der Waals surface area contributed by atoms with Gasteiger partial charge in [-0.25, -0.2) is 9.97 Å². The van der Waals surface area contributed by atoms with E-state index in [-0.39, 0.29) is 22.2 Å². The zero-order chi connectivity index (χ0) is 22.5. The summed E-state index contributed by atoms with van der Waals surface area (Å²) in [6.45, 7) is 1.97. The van der Waals surface area contributed by atoms with Crippen molar-refractivity contribution in [1.29, 1.82) is 0 Å². The molecular weight excluding hydrogens is 493 g/mol. The minimum absolute atomic E-state index is 0.0622. The Labute approximate surface area is 199 Å². The van der Waals surface area contributed by atoms with Crippen LogP contribution in [0.2, 0.25) is 0 Å². The van der Waals surface area contributed by atoms with Gasteiger partial charge in [0.1, 0.15) is 11.1 Å². The van der Waals surface area contributed by atoms with Gasteiger partial charge in [-0.3, -0.25) is 28.3 Å². The first-order valence-electron chi connectivity index (χ1n) is 9.82. The highest BCUT2D eigenvalue weighted by atomic mass is 33.1. The molecule has 0 saturated carbocycles. The van der Waals surface area contributed by atoms with E-state index in [4.69, 9.17) is 0 Å². The van der Waals surface area contributed by atoms with Gasteiger partial charge in [0.05, 0.1) is 0 Å². The maximum absolute atomic E-state index is 12.3. The van der Waals surface area contributed by atoms with Crippen molar-refractivity contribution in [3.8, 4) is 0 Å². The molecule has 0 fully saturated rings. The number of carbonyl (C=O) groups excluding carboxylic acids is 2. The van der Waals surface area contributed by atoms with E-state index in [1.165, 1.54) is 45.1 Å². The molecule has 0 unspecified atom stereocenters. The third-order valence-corrected chi connectivity index (χ3v) is 8.98. The number of nitrogens with zero attached hydrogens (tertiary/aromatic N) is 4. The number of nitrogens with one attached hydrogen (secondary N) is 2. The van der Waals surface area contributed by atoms with Crippen molar-refractivity contribution in [3.63, 3.8) is 0 Å². The Bertz CT molecular complexity index is 1060. The summed E-state index contributed by atoms with van der Waals surface area (Å²) in [5, 5.41) is 6.79. The van der Waals surface area contributed by atoms with Crippen LogP contribution < -0.4 is 21.8 Å². The quantitative estimate of drug-likeness (QED) is 0.279. The first-order valence-corrected chi connectivity index (χ1v) is 14.3. The van der Waals surface area contributed by atoms with Crippen LogP contribution in [0.4, 0.5) is 0 Å². The zero-order valence-electron chi connectivity index (χ0n) is 16.9. The number of hydrogen-bond donors (Lipinski definition) is 2. The summed E-state index contributed by atoms with van der Waals surface area (Å²) in [4.78, 5) is 57.5. The topological polar surface area (TPSA) is 128 Å². The highest BCUT2D eigenvalue weighted by molar-refractivity contribution is 8.76. The number of aromatic nitrogens is 4. The molecule has 2 aromatic heterocycles. The van der Waals surface area contributed by atoms with Crippen molar-refractivity contribution in [1.82, 2.24) is 29.7 Å². The molecule has 0 aliphatic carbocycles. The molecule has 2 aliphatic rings. The molecule has 4 heterocycles. The summed E-state index contributed by atoms with van der Waals surface area (Å²) in [7, 11) is 3.10. The van der Waals surface area contributed by atoms with Crippen molar-refractivity contribution < 1.29 is 9.59 Å². The van der Waals surface area contributed by atoms with Crippen LogP contribution in [0.15, 0.2) is 32.3 Å². The average molecular weight is 513 g/mol. The summed E-state index contributed by atoms with van der Waals surface area (Å²) in [5.74, 6) is 2.05. The molecule has 0 aromatic carbocycles. The second kappa shape index (κ2) is 10.8. The summed E-state index contributed by atoms with van der Waals surface area (Å²) in [6, 6.07) is 0. The third-order valence-electron chi connectivity index (χ3n) is 4.63. The van der Waals surface area contributed by atoms with Gasteiger partial charge >= 0.3 is 0 Å². The molecular formula is C18H20N6O4S4. The Kier molecular flexibility index (Phi) is 7.86. The zero-order valence-corrected chi connectivity index (χ0v) is 20.1. The van der Waals surface area contributed by atoms with E-state index >= 15 is 0 Å². The van der Waals surface area contributed by atoms with Crippen LogP contribution in [0, 0.1) is 0 Å². The lowest BCUT2D eigenvalue weighted by Crippen LogP contribution is -2.34. The minimum atomic E-state index is -0.416. The van der Waals surface area contributed by atoms with Crippen molar-refractivity contribution in [2.45, 2.75) is 23.4 Å². The number of hydrogen-bond acceptors (Lipinski definition) is 10. The molecule has 4 rings (SSSR count). The molecule has 0 radical (unpaired) electrons. The molecule has 32 heavy (non-hydrogen) atoms. The maximum atomic E-state index is 12.3. The van der Waals surface area contributed by atoms with Gasteiger partial charge < -0.3 is 10.6 Å². The minimum Gasteiger partial charge on any atom is -0.351 e. The van der Waals surface area contributed by atoms with Gasteiger partial charge in [-0.05, 0) is 0 Å². The second-order valence-electron chi connectivity index (χ2n) is 6.68. The summed E-state index contributed by atoms with van der Waals surface area (Å²) in [6.07, 6.45) is 2.68. The fraction of sp³-hybridized carbons (Fsp3) is 0.444. The largest absolute Gasteiger partial charge is 0.351 e. The first-order chi connectivity index (χ1) is 15.6. The van der Waals surface area contributed by atoms with Crippen molar-refractivity contribution in [2.24, 2.45) is 0 Å². The molecule has 170 valence electrons. The predicted molar refractivity (Wildman–Crippen MR) is 128 cm³/mol. The Morgan fingerprint density at radius 1 is 0.844 bits per heavy atom. The van der Waals surface area contributed by atoms with Crippen LogP contribution in [-0.4, -0.2) is 67.0 Å². The maximum Gasteiger partial charge on any atom is 0.267 e. The summed E-state index contributed by atoms with van der Waals surface area (Å²) >= 11 is 3.01. The fourth-order valence-corrected chi connectivity index (χ4v) is 6.71. The van der Waals surface area contributed by atoms with Gasteiger partial charge in [-0.15, -0.1) is 0 Å². The number of thioether (sulfide) groups is 2. The van der Waals surface area contributed by atoms with Crippen LogP contribution in [0.5, 0.6) is 0 Å². The molecule has 2 amide bonds. The smallest absolute Gasteiger partial charge is 0.267 e. The Balaban J connectivity index is 1.12. The van der Waals surface area contributed by atoms with Crippen LogP contribution in [0.3, 0.4) is 0 Å². The van der Waals surface area contributed by atoms with Gasteiger partial charge in [-0.1, -0.05) is 45.1 Å². The standard InChI is InChI=1S/C18H20N6O4S4/c25-13(11-9-21-17-23(15(11)27)3-7-29-17)19-1-5-31-32-6-2-20-14(26)12-10-22-18-24(16(12)28)4-8-30-18/h9-10H,1-8H2,(H,19,25)(H,20,26). The molecule has 0 spiro atoms. The van der Waals surface area contributed by atoms with Crippen molar-refractivity contribution in [2.75, 3.05) is 36.1 Å². The normalized spacial score (nSPS) is 14.1. The predicted octanol–water partition coefficient (Wildman–Crippen LogP) is 0.553. The molecule has 2 N–H and O–H groups in total. The van der Waals surface area contributed by atoms with E-state index in [9.17, 15) is 19.2 Å². The number of carbonyl (C=O) groups is 2. The lowest BCUT2D eigenvalue weighted by molar-refractivity contribution is 0.0945. The van der Waals surface area contributed by atoms with E-state index in [0.29, 0.717) is 48.0 Å². The molecule has 2 aliphatic heterocycles. The number of amides is 2. The Hall–Kier alpha value is -1.90. The van der Waals surface area contributed by atoms with Crippen LogP contribution in [0.25, 0.3) is 0 Å². The monoisotopic (exact) mass is 512 g/mol. The van der Waals surface area contributed by atoms with E-state index < -0.39 is 11.8 Å². The van der Waals surface area contributed by atoms with Crippen LogP contribution in [-0.2, 0) is 13.1 Å². The lowest BCUT2D eigenvalue weighted by atomic mass is 10.3. The van der Waals surface area contributed by atoms with Crippen LogP contribution in [0.1, 0.15) is 20.7 Å². The molecule has 14 heteroatoms. The van der Waals surface area contributed by atoms with E-state index in [2.05, 4.69) is 20.6 Å². The van der Waals surface area contributed by atoms with Gasteiger partial charge in [-0.2, -0.15) is 0 Å². The van der Waals surface area contributed by atoms with Crippen LogP contribution >= 0.6 is 45.1 Å². The van der Waals surface area contributed by atoms with E-state index in [1.54, 1.807) is 21.6 Å². The van der Waals surface area contributed by atoms with E-state index in [0.717, 1.165) is 11.5 Å². The van der Waals surface area contributed by atoms with Gasteiger partial charge in [0.15, 0.2) is 10.3 Å². The van der Waals surface area contributed by atoms with Crippen molar-refractivity contribution >= 4 is 56.9 Å². The average Bonchev–Trinajstić information content (AvgIpc) is 3.46. The lowest BCUT2D eigenvalue weighted by Gasteiger charge is -2.07. The molecule has 0 bridgehead atoms. The van der Waals surface area contributed by atoms with Crippen molar-refractivity contribution in [3.05, 3.63) is 44.2 Å². The van der Waals surface area contributed by atoms with E-state index in [1.807, 2.05) is 0 Å². The number of rotatable bonds is 9. The van der Waals surface area contributed by atoms with Gasteiger partial charge in [0.25, 0.3) is 22.9 Å². The summed E-state index contributed by atoms with van der Waals surface area (Å²) < 4.78 is 3.07. The molecule has 10 nitrogen and oxygen atoms in total. The number of fused-ring (bicyclic) bond motifs is 2. The highest BCUT2D eigenvalue weighted by Gasteiger charge is 2.20. The SMILES string of the molecule is O=C(NCCSSCCNC(=O)c1cnc2n(c1=O)CCS2)c1cnc2n(c1=O)CCS2. The Morgan fingerprint density at radius 3 is 1.72 bits per heavy atom. The second-order valence-corrected chi connectivity index (χ2v) is 11.5. The highest BCUT2D eigenvalue weighted by Crippen LogP contribution is 2.22. The molecule has 0 saturated heterocycles.